The minimum absolute atomic E-state index is 0.427. The summed E-state index contributed by atoms with van der Waals surface area (Å²) < 4.78 is 34.2. The van der Waals surface area contributed by atoms with Gasteiger partial charge in [0.15, 0.2) is 18.7 Å². The van der Waals surface area contributed by atoms with E-state index in [-0.39, 0.29) is 0 Å². The Morgan fingerprint density at radius 3 is 2.32 bits per heavy atom. The maximum Gasteiger partial charge on any atom is 0.331 e. The zero-order chi connectivity index (χ0) is 31.5. The summed E-state index contributed by atoms with van der Waals surface area (Å²) in [6.07, 6.45) is -8.76. The fraction of sp³-hybridized carbons (Fsp3) is 0.567. The van der Waals surface area contributed by atoms with Crippen molar-refractivity contribution >= 4 is 12.0 Å². The first-order chi connectivity index (χ1) is 21.1. The van der Waals surface area contributed by atoms with E-state index >= 15 is 0 Å². The van der Waals surface area contributed by atoms with Crippen LogP contribution < -0.4 is 0 Å². The highest BCUT2D eigenvalue weighted by Crippen LogP contribution is 2.43. The fourth-order valence-electron chi connectivity index (χ4n) is 5.79. The molecule has 14 atom stereocenters. The van der Waals surface area contributed by atoms with Gasteiger partial charge in [-0.25, -0.2) is 4.79 Å². The van der Waals surface area contributed by atoms with Crippen molar-refractivity contribution < 1.29 is 69.0 Å². The summed E-state index contributed by atoms with van der Waals surface area (Å²) in [5.74, 6) is -2.00. The highest BCUT2D eigenvalue weighted by Gasteiger charge is 2.52. The molecule has 242 valence electrons. The highest BCUT2D eigenvalue weighted by molar-refractivity contribution is 5.87. The van der Waals surface area contributed by atoms with Crippen molar-refractivity contribution in [2.45, 2.75) is 80.7 Å². The predicted octanol–water partition coefficient (Wildman–Crippen LogP) is -1.69. The first kappa shape index (κ1) is 32.7. The normalized spacial score (nSPS) is 42.0. The Kier molecular flexibility index (Phi) is 10.5. The lowest BCUT2D eigenvalue weighted by Gasteiger charge is -2.43. The lowest BCUT2D eigenvalue weighted by molar-refractivity contribution is -0.341. The summed E-state index contributed by atoms with van der Waals surface area (Å²) in [5.41, 5.74) is 1.19. The van der Waals surface area contributed by atoms with Crippen molar-refractivity contribution in [3.8, 4) is 0 Å². The van der Waals surface area contributed by atoms with Gasteiger partial charge < -0.3 is 64.2 Å². The summed E-state index contributed by atoms with van der Waals surface area (Å²) in [7, 11) is 0. The van der Waals surface area contributed by atoms with E-state index in [1.807, 2.05) is 18.2 Å². The summed E-state index contributed by atoms with van der Waals surface area (Å²) in [5, 5.41) is 72.0. The molecule has 1 aromatic carbocycles. The van der Waals surface area contributed by atoms with Gasteiger partial charge in [0.25, 0.3) is 0 Å². The molecule has 0 amide bonds. The maximum absolute atomic E-state index is 12.5. The van der Waals surface area contributed by atoms with Crippen molar-refractivity contribution in [1.29, 1.82) is 0 Å². The quantitative estimate of drug-likeness (QED) is 0.0931. The van der Waals surface area contributed by atoms with Gasteiger partial charge in [-0.1, -0.05) is 36.4 Å². The molecule has 0 bridgehead atoms. The SMILES string of the molecule is C[C@@H]1O[C@@H](OC2C=C(CO)C3C(O[C@@H]4O[C@H](CO)[C@@H](O)[C@H](O)[C@H]4O)OC=CC23)[C@H](O)[C@H](OC(=O)/C=C/c2ccccc2)[C@H]1O. The van der Waals surface area contributed by atoms with E-state index in [1.54, 1.807) is 31.2 Å². The van der Waals surface area contributed by atoms with E-state index in [4.69, 9.17) is 28.4 Å². The molecular formula is C30H38O14. The topological polar surface area (TPSA) is 214 Å². The molecule has 5 rings (SSSR count). The van der Waals surface area contributed by atoms with E-state index in [2.05, 4.69) is 0 Å². The van der Waals surface area contributed by atoms with Gasteiger partial charge >= 0.3 is 5.97 Å². The van der Waals surface area contributed by atoms with E-state index < -0.39 is 105 Å². The number of aliphatic hydroxyl groups excluding tert-OH is 7. The van der Waals surface area contributed by atoms with Gasteiger partial charge in [-0.2, -0.15) is 0 Å². The second kappa shape index (κ2) is 14.1. The molecule has 0 spiro atoms. The lowest BCUT2D eigenvalue weighted by atomic mass is 9.88. The molecule has 14 nitrogen and oxygen atoms in total. The number of rotatable bonds is 9. The summed E-state index contributed by atoms with van der Waals surface area (Å²) >= 11 is 0. The number of fused-ring (bicyclic) bond motifs is 1. The van der Waals surface area contributed by atoms with Crippen LogP contribution >= 0.6 is 0 Å². The average molecular weight is 623 g/mol. The Hall–Kier alpha value is -2.73. The van der Waals surface area contributed by atoms with Gasteiger partial charge in [0.2, 0.25) is 6.29 Å². The zero-order valence-electron chi connectivity index (χ0n) is 23.8. The van der Waals surface area contributed by atoms with Crippen LogP contribution in [0.5, 0.6) is 0 Å². The Bertz CT molecular complexity index is 1200. The van der Waals surface area contributed by atoms with Crippen LogP contribution in [0.3, 0.4) is 0 Å². The van der Waals surface area contributed by atoms with Crippen LogP contribution in [-0.2, 0) is 33.2 Å². The van der Waals surface area contributed by atoms with E-state index in [1.165, 1.54) is 18.4 Å². The first-order valence-electron chi connectivity index (χ1n) is 14.3. The van der Waals surface area contributed by atoms with E-state index in [0.29, 0.717) is 5.57 Å². The predicted molar refractivity (Wildman–Crippen MR) is 148 cm³/mol. The number of hydrogen-bond donors (Lipinski definition) is 7. The Labute approximate surface area is 253 Å². The fourth-order valence-corrected chi connectivity index (χ4v) is 5.79. The number of esters is 1. The lowest BCUT2D eigenvalue weighted by Crippen LogP contribution is -2.60. The van der Waals surface area contributed by atoms with Crippen LogP contribution in [0.1, 0.15) is 12.5 Å². The molecule has 4 unspecified atom stereocenters. The Morgan fingerprint density at radius 2 is 1.61 bits per heavy atom. The standard InChI is InChI=1S/C30H38O14/c1-14-22(34)27(43-20(33)8-7-15-5-3-2-4-6-15)26(38)30(40-14)41-18-11-16(12-31)21-17(18)9-10-39-28(21)44-29-25(37)24(36)23(35)19(13-32)42-29/h2-11,14,17-19,21-32,34-38H,12-13H2,1H3/b8-7+/t14-,17?,18?,19+,21?,22-,23+,24-,25+,26+,27+,28?,29-,30-/m0/s1. The summed E-state index contributed by atoms with van der Waals surface area (Å²) in [4.78, 5) is 12.5. The Morgan fingerprint density at radius 1 is 0.886 bits per heavy atom. The van der Waals surface area contributed by atoms with Crippen LogP contribution in [-0.4, -0.2) is 129 Å². The second-order valence-electron chi connectivity index (χ2n) is 11.1. The number of aliphatic hydroxyl groups is 7. The second-order valence-corrected chi connectivity index (χ2v) is 11.1. The minimum atomic E-state index is -1.67. The van der Waals surface area contributed by atoms with Gasteiger partial charge in [0.05, 0.1) is 37.6 Å². The monoisotopic (exact) mass is 622 g/mol. The number of hydrogen-bond acceptors (Lipinski definition) is 14. The summed E-state index contributed by atoms with van der Waals surface area (Å²) in [6.45, 7) is 0.471. The smallest absolute Gasteiger partial charge is 0.331 e. The highest BCUT2D eigenvalue weighted by atomic mass is 16.8. The van der Waals surface area contributed by atoms with Crippen LogP contribution in [0.4, 0.5) is 0 Å². The third-order valence-corrected chi connectivity index (χ3v) is 8.24. The molecule has 0 aromatic heterocycles. The average Bonchev–Trinajstić information content (AvgIpc) is 3.39. The van der Waals surface area contributed by atoms with Crippen molar-refractivity contribution in [1.82, 2.24) is 0 Å². The molecule has 4 aliphatic rings. The molecule has 1 aliphatic carbocycles. The molecule has 44 heavy (non-hydrogen) atoms. The first-order valence-corrected chi connectivity index (χ1v) is 14.3. The molecule has 2 saturated heterocycles. The number of ether oxygens (including phenoxy) is 6. The molecule has 14 heteroatoms. The van der Waals surface area contributed by atoms with E-state index in [9.17, 15) is 40.5 Å². The van der Waals surface area contributed by atoms with Crippen LogP contribution in [0.25, 0.3) is 6.08 Å². The van der Waals surface area contributed by atoms with Gasteiger partial charge in [-0.05, 0) is 30.2 Å². The molecule has 3 heterocycles. The van der Waals surface area contributed by atoms with Crippen molar-refractivity contribution in [3.05, 3.63) is 66.0 Å². The van der Waals surface area contributed by atoms with Gasteiger partial charge in [-0.3, -0.25) is 0 Å². The molecule has 1 aromatic rings. The van der Waals surface area contributed by atoms with Crippen LogP contribution in [0.15, 0.2) is 60.4 Å². The molecule has 7 N–H and O–H groups in total. The van der Waals surface area contributed by atoms with Crippen molar-refractivity contribution in [2.75, 3.05) is 13.2 Å². The Balaban J connectivity index is 1.26. The van der Waals surface area contributed by atoms with Crippen molar-refractivity contribution in [2.24, 2.45) is 11.8 Å². The molecule has 0 saturated carbocycles. The zero-order valence-corrected chi connectivity index (χ0v) is 23.8. The van der Waals surface area contributed by atoms with Crippen LogP contribution in [0.2, 0.25) is 0 Å². The van der Waals surface area contributed by atoms with Gasteiger partial charge in [0.1, 0.15) is 36.6 Å². The third-order valence-electron chi connectivity index (χ3n) is 8.24. The molecular weight excluding hydrogens is 584 g/mol. The summed E-state index contributed by atoms with van der Waals surface area (Å²) in [6, 6.07) is 9.03. The van der Waals surface area contributed by atoms with Crippen molar-refractivity contribution in [3.63, 3.8) is 0 Å². The number of carbonyl (C=O) groups is 1. The van der Waals surface area contributed by atoms with E-state index in [0.717, 1.165) is 5.56 Å². The molecule has 0 radical (unpaired) electrons. The minimum Gasteiger partial charge on any atom is -0.472 e. The largest absolute Gasteiger partial charge is 0.472 e. The molecule has 2 fully saturated rings. The van der Waals surface area contributed by atoms with Gasteiger partial charge in [0, 0.05) is 12.0 Å². The number of benzene rings is 1. The third kappa shape index (κ3) is 6.76. The van der Waals surface area contributed by atoms with Crippen LogP contribution in [0, 0.1) is 11.8 Å². The maximum atomic E-state index is 12.5. The van der Waals surface area contributed by atoms with Gasteiger partial charge in [-0.15, -0.1) is 0 Å². The molecule has 3 aliphatic heterocycles. The number of carbonyl (C=O) groups excluding carboxylic acids is 1.